The molecule has 1 saturated carbocycles. The Kier molecular flexibility index (Phi) is 6.15. The molecule has 0 nitrogen and oxygen atoms in total. The predicted molar refractivity (Wildman–Crippen MR) is 87.3 cm³/mol. The van der Waals surface area contributed by atoms with Gasteiger partial charge in [0, 0.05) is 0 Å². The van der Waals surface area contributed by atoms with Crippen molar-refractivity contribution in [3.8, 4) is 0 Å². The molecular weight excluding hydrogens is 228 g/mol. The zero-order valence-corrected chi connectivity index (χ0v) is 14.4. The van der Waals surface area contributed by atoms with Crippen LogP contribution in [0.3, 0.4) is 0 Å². The Morgan fingerprint density at radius 2 is 1.58 bits per heavy atom. The number of rotatable bonds is 2. The van der Waals surface area contributed by atoms with Gasteiger partial charge in [-0.25, -0.2) is 0 Å². The minimum Gasteiger partial charge on any atom is -0.0848 e. The second-order valence-electron chi connectivity index (χ2n) is 7.56. The average Bonchev–Trinajstić information content (AvgIpc) is 2.57. The highest BCUT2D eigenvalue weighted by atomic mass is 14.4. The Bertz CT molecular complexity index is 287. The van der Waals surface area contributed by atoms with E-state index in [1.54, 1.807) is 5.57 Å². The summed E-state index contributed by atoms with van der Waals surface area (Å²) in [7, 11) is 0. The van der Waals surface area contributed by atoms with Crippen LogP contribution in [0.2, 0.25) is 0 Å². The minimum absolute atomic E-state index is 0.462. The van der Waals surface area contributed by atoms with Crippen LogP contribution in [0.5, 0.6) is 0 Å². The highest BCUT2D eigenvalue weighted by Crippen LogP contribution is 2.48. The zero-order chi connectivity index (χ0) is 14.6. The third kappa shape index (κ3) is 4.10. The van der Waals surface area contributed by atoms with Crippen LogP contribution in [0, 0.1) is 29.1 Å². The fourth-order valence-electron chi connectivity index (χ4n) is 4.30. The van der Waals surface area contributed by atoms with Gasteiger partial charge in [0.2, 0.25) is 0 Å². The summed E-state index contributed by atoms with van der Waals surface area (Å²) in [5.74, 6) is 3.83. The van der Waals surface area contributed by atoms with Gasteiger partial charge in [0.05, 0.1) is 0 Å². The Morgan fingerprint density at radius 1 is 1.05 bits per heavy atom. The molecule has 112 valence electrons. The van der Waals surface area contributed by atoms with E-state index in [9.17, 15) is 0 Å². The molecule has 0 heteroatoms. The maximum atomic E-state index is 2.49. The van der Waals surface area contributed by atoms with Crippen LogP contribution in [-0.4, -0.2) is 0 Å². The summed E-state index contributed by atoms with van der Waals surface area (Å²) < 4.78 is 0. The highest BCUT2D eigenvalue weighted by molar-refractivity contribution is 5.18. The van der Waals surface area contributed by atoms with Gasteiger partial charge in [0.1, 0.15) is 0 Å². The average molecular weight is 264 g/mol. The van der Waals surface area contributed by atoms with Crippen LogP contribution in [0.15, 0.2) is 11.6 Å². The van der Waals surface area contributed by atoms with Crippen molar-refractivity contribution in [1.29, 1.82) is 0 Å². The van der Waals surface area contributed by atoms with Gasteiger partial charge in [0.15, 0.2) is 0 Å². The van der Waals surface area contributed by atoms with E-state index in [0.717, 1.165) is 23.7 Å². The molecule has 19 heavy (non-hydrogen) atoms. The van der Waals surface area contributed by atoms with Crippen LogP contribution in [0.4, 0.5) is 0 Å². The fraction of sp³-hybridized carbons (Fsp3) is 0.895. The van der Waals surface area contributed by atoms with Crippen LogP contribution in [0.25, 0.3) is 0 Å². The highest BCUT2D eigenvalue weighted by Gasteiger charge is 2.37. The molecule has 0 saturated heterocycles. The normalized spacial score (nSPS) is 37.3. The number of hydrogen-bond donors (Lipinski definition) is 0. The lowest BCUT2D eigenvalue weighted by Gasteiger charge is -2.37. The first-order valence-electron chi connectivity index (χ1n) is 8.56. The summed E-state index contributed by atoms with van der Waals surface area (Å²) in [5.41, 5.74) is 2.09. The molecule has 3 unspecified atom stereocenters. The van der Waals surface area contributed by atoms with Crippen LogP contribution >= 0.6 is 0 Å². The predicted octanol–water partition coefficient (Wildman–Crippen LogP) is 6.47. The van der Waals surface area contributed by atoms with Gasteiger partial charge in [-0.2, -0.15) is 0 Å². The van der Waals surface area contributed by atoms with Crippen molar-refractivity contribution in [1.82, 2.24) is 0 Å². The summed E-state index contributed by atoms with van der Waals surface area (Å²) in [6, 6.07) is 0. The lowest BCUT2D eigenvalue weighted by molar-refractivity contribution is 0.156. The smallest absolute Gasteiger partial charge is 0.0116 e. The van der Waals surface area contributed by atoms with Crippen molar-refractivity contribution < 1.29 is 0 Å². The minimum atomic E-state index is 0.462. The van der Waals surface area contributed by atoms with E-state index in [2.05, 4.69) is 40.7 Å². The van der Waals surface area contributed by atoms with Crippen molar-refractivity contribution in [3.05, 3.63) is 11.6 Å². The quantitative estimate of drug-likeness (QED) is 0.501. The fourth-order valence-corrected chi connectivity index (χ4v) is 4.30. The third-order valence-electron chi connectivity index (χ3n) is 5.64. The SMILES string of the molecule is CC.CC1=CCC(CC2CC(C)CC(C)C2)C1(C)C. The standard InChI is InChI=1S/C17H30.C2H6/c1-12-8-13(2)10-15(9-12)11-16-7-6-14(3)17(16,4)5;1-2/h6,12-13,15-16H,7-11H2,1-5H3;1-2H3. The Morgan fingerprint density at radius 3 is 2.00 bits per heavy atom. The molecule has 0 aromatic carbocycles. The summed E-state index contributed by atoms with van der Waals surface area (Å²) in [4.78, 5) is 0. The molecule has 2 rings (SSSR count). The van der Waals surface area contributed by atoms with Crippen LogP contribution in [-0.2, 0) is 0 Å². The largest absolute Gasteiger partial charge is 0.0848 e. The van der Waals surface area contributed by atoms with Gasteiger partial charge >= 0.3 is 0 Å². The first-order valence-corrected chi connectivity index (χ1v) is 8.56. The molecule has 3 atom stereocenters. The second-order valence-corrected chi connectivity index (χ2v) is 7.56. The molecular formula is C19H36. The van der Waals surface area contributed by atoms with Gasteiger partial charge in [-0.15, -0.1) is 0 Å². The van der Waals surface area contributed by atoms with Gasteiger partial charge in [0.25, 0.3) is 0 Å². The molecule has 2 aliphatic carbocycles. The van der Waals surface area contributed by atoms with E-state index in [0.29, 0.717) is 5.41 Å². The Hall–Kier alpha value is -0.260. The summed E-state index contributed by atoms with van der Waals surface area (Å²) in [6.07, 6.45) is 9.71. The maximum Gasteiger partial charge on any atom is -0.0116 e. The zero-order valence-electron chi connectivity index (χ0n) is 14.4. The van der Waals surface area contributed by atoms with E-state index in [-0.39, 0.29) is 0 Å². The number of hydrogen-bond acceptors (Lipinski definition) is 0. The van der Waals surface area contributed by atoms with E-state index in [4.69, 9.17) is 0 Å². The Labute approximate surface area is 122 Å². The van der Waals surface area contributed by atoms with E-state index in [1.165, 1.54) is 32.1 Å². The summed E-state index contributed by atoms with van der Waals surface area (Å²) >= 11 is 0. The molecule has 2 aliphatic rings. The van der Waals surface area contributed by atoms with Crippen LogP contribution in [0.1, 0.15) is 80.6 Å². The molecule has 0 spiro atoms. The number of allylic oxidation sites excluding steroid dienone is 2. The molecule has 1 fully saturated rings. The first-order chi connectivity index (χ1) is 8.89. The van der Waals surface area contributed by atoms with E-state index >= 15 is 0 Å². The van der Waals surface area contributed by atoms with Gasteiger partial charge in [-0.05, 0) is 68.1 Å². The molecule has 0 aromatic heterocycles. The van der Waals surface area contributed by atoms with Gasteiger partial charge in [-0.3, -0.25) is 0 Å². The molecule has 0 radical (unpaired) electrons. The van der Waals surface area contributed by atoms with E-state index in [1.807, 2.05) is 13.8 Å². The molecule has 0 N–H and O–H groups in total. The van der Waals surface area contributed by atoms with E-state index < -0.39 is 0 Å². The second kappa shape index (κ2) is 6.95. The lowest BCUT2D eigenvalue weighted by Crippen LogP contribution is -2.27. The molecule has 0 bridgehead atoms. The van der Waals surface area contributed by atoms with Crippen molar-refractivity contribution in [3.63, 3.8) is 0 Å². The molecule has 0 aromatic rings. The van der Waals surface area contributed by atoms with Crippen molar-refractivity contribution in [2.45, 2.75) is 80.6 Å². The third-order valence-corrected chi connectivity index (χ3v) is 5.64. The van der Waals surface area contributed by atoms with Crippen molar-refractivity contribution in [2.75, 3.05) is 0 Å². The van der Waals surface area contributed by atoms with Gasteiger partial charge in [-0.1, -0.05) is 53.2 Å². The monoisotopic (exact) mass is 264 g/mol. The maximum absolute atomic E-state index is 2.49. The van der Waals surface area contributed by atoms with Crippen molar-refractivity contribution >= 4 is 0 Å². The van der Waals surface area contributed by atoms with Crippen molar-refractivity contribution in [2.24, 2.45) is 29.1 Å². The Balaban J connectivity index is 0.000000861. The lowest BCUT2D eigenvalue weighted by atomic mass is 9.68. The van der Waals surface area contributed by atoms with Gasteiger partial charge < -0.3 is 0 Å². The summed E-state index contributed by atoms with van der Waals surface area (Å²) in [5, 5.41) is 0. The molecule has 0 amide bonds. The van der Waals surface area contributed by atoms with Crippen LogP contribution < -0.4 is 0 Å². The molecule has 0 heterocycles. The first kappa shape index (κ1) is 16.8. The molecule has 0 aliphatic heterocycles. The summed E-state index contributed by atoms with van der Waals surface area (Å²) in [6.45, 7) is 16.1. The topological polar surface area (TPSA) is 0 Å².